The zero-order valence-electron chi connectivity index (χ0n) is 5.92. The molecule has 1 aromatic rings. The zero-order valence-corrected chi connectivity index (χ0v) is 7.55. The van der Waals surface area contributed by atoms with Crippen LogP contribution in [0.5, 0.6) is 5.06 Å². The fourth-order valence-corrected chi connectivity index (χ4v) is 2.37. The van der Waals surface area contributed by atoms with Gasteiger partial charge in [-0.05, 0) is 12.7 Å². The Bertz CT molecular complexity index is 202. The first-order chi connectivity index (χ1) is 4.74. The summed E-state index contributed by atoms with van der Waals surface area (Å²) in [6.07, 6.45) is 0. The van der Waals surface area contributed by atoms with Gasteiger partial charge in [-0.25, -0.2) is 4.98 Å². The van der Waals surface area contributed by atoms with Crippen LogP contribution in [-0.4, -0.2) is 15.8 Å². The second kappa shape index (κ2) is 3.25. The molecule has 0 radical (unpaired) electrons. The van der Waals surface area contributed by atoms with Crippen molar-refractivity contribution in [3.8, 4) is 5.06 Å². The van der Waals surface area contributed by atoms with Gasteiger partial charge in [-0.2, -0.15) is 0 Å². The third-order valence-electron chi connectivity index (χ3n) is 1.02. The summed E-state index contributed by atoms with van der Waals surface area (Å²) in [6, 6.07) is 0. The van der Waals surface area contributed by atoms with Crippen molar-refractivity contribution in [2.24, 2.45) is 0 Å². The maximum atomic E-state index is 9.11. The molecular formula is C6H9NOS2. The van der Waals surface area contributed by atoms with Crippen LogP contribution in [0.3, 0.4) is 0 Å². The summed E-state index contributed by atoms with van der Waals surface area (Å²) in [5.74, 6) is 1.01. The van der Waals surface area contributed by atoms with Crippen molar-refractivity contribution in [2.75, 3.05) is 5.75 Å². The van der Waals surface area contributed by atoms with Gasteiger partial charge in [0.2, 0.25) is 0 Å². The number of aromatic nitrogens is 1. The molecule has 1 rings (SSSR count). The summed E-state index contributed by atoms with van der Waals surface area (Å²) in [5.41, 5.74) is 0.737. The number of rotatable bonds is 2. The van der Waals surface area contributed by atoms with Gasteiger partial charge in [0.1, 0.15) is 0 Å². The van der Waals surface area contributed by atoms with Gasteiger partial charge in [-0.1, -0.05) is 30.0 Å². The first-order valence-corrected chi connectivity index (χ1v) is 4.83. The van der Waals surface area contributed by atoms with E-state index in [9.17, 15) is 0 Å². The van der Waals surface area contributed by atoms with E-state index in [1.54, 1.807) is 11.8 Å². The minimum atomic E-state index is 0.343. The lowest BCUT2D eigenvalue weighted by Gasteiger charge is -1.84. The lowest BCUT2D eigenvalue weighted by atomic mass is 10.6. The number of nitrogens with zero attached hydrogens (tertiary/aromatic N) is 1. The molecule has 0 fully saturated rings. The van der Waals surface area contributed by atoms with Crippen LogP contribution in [0.4, 0.5) is 0 Å². The summed E-state index contributed by atoms with van der Waals surface area (Å²) in [5, 5.41) is 9.45. The van der Waals surface area contributed by atoms with Gasteiger partial charge in [0.05, 0.1) is 5.69 Å². The van der Waals surface area contributed by atoms with Gasteiger partial charge in [-0.3, -0.25) is 0 Å². The quantitative estimate of drug-likeness (QED) is 0.700. The topological polar surface area (TPSA) is 33.1 Å². The molecule has 1 N–H and O–H groups in total. The second-order valence-corrected chi connectivity index (χ2v) is 4.29. The molecule has 10 heavy (non-hydrogen) atoms. The highest BCUT2D eigenvalue weighted by Crippen LogP contribution is 2.31. The molecule has 0 aliphatic heterocycles. The number of aryl methyl sites for hydroxylation is 1. The van der Waals surface area contributed by atoms with Gasteiger partial charge < -0.3 is 5.11 Å². The summed E-state index contributed by atoms with van der Waals surface area (Å²) in [7, 11) is 0. The lowest BCUT2D eigenvalue weighted by molar-refractivity contribution is 0.485. The number of thiazole rings is 1. The lowest BCUT2D eigenvalue weighted by Crippen LogP contribution is -1.71. The van der Waals surface area contributed by atoms with Crippen molar-refractivity contribution < 1.29 is 5.11 Å². The summed E-state index contributed by atoms with van der Waals surface area (Å²) < 4.78 is 0.956. The highest BCUT2D eigenvalue weighted by molar-refractivity contribution is 8.01. The van der Waals surface area contributed by atoms with Crippen molar-refractivity contribution in [3.63, 3.8) is 0 Å². The Hall–Kier alpha value is -0.220. The molecule has 0 saturated heterocycles. The molecule has 0 unspecified atom stereocenters. The average Bonchev–Trinajstić information content (AvgIpc) is 2.14. The fourth-order valence-electron chi connectivity index (χ4n) is 0.549. The van der Waals surface area contributed by atoms with E-state index in [4.69, 9.17) is 5.11 Å². The molecule has 0 spiro atoms. The van der Waals surface area contributed by atoms with E-state index in [-0.39, 0.29) is 0 Å². The number of aromatic hydroxyl groups is 1. The monoisotopic (exact) mass is 175 g/mol. The molecule has 1 heterocycles. The van der Waals surface area contributed by atoms with Crippen molar-refractivity contribution >= 4 is 23.1 Å². The zero-order chi connectivity index (χ0) is 7.56. The maximum Gasteiger partial charge on any atom is 0.195 e. The maximum absolute atomic E-state index is 9.11. The average molecular weight is 175 g/mol. The van der Waals surface area contributed by atoms with Gasteiger partial charge >= 0.3 is 0 Å². The molecule has 0 bridgehead atoms. The van der Waals surface area contributed by atoms with Crippen LogP contribution in [0.15, 0.2) is 4.34 Å². The molecule has 2 nitrogen and oxygen atoms in total. The van der Waals surface area contributed by atoms with Crippen molar-refractivity contribution in [2.45, 2.75) is 18.2 Å². The van der Waals surface area contributed by atoms with Gasteiger partial charge in [0, 0.05) is 0 Å². The molecule has 0 amide bonds. The molecule has 0 saturated carbocycles. The third kappa shape index (κ3) is 1.64. The Morgan fingerprint density at radius 2 is 2.40 bits per heavy atom. The smallest absolute Gasteiger partial charge is 0.195 e. The second-order valence-electron chi connectivity index (χ2n) is 1.80. The predicted octanol–water partition coefficient (Wildman–Crippen LogP) is 2.27. The number of thioether (sulfide) groups is 1. The highest BCUT2D eigenvalue weighted by Gasteiger charge is 2.03. The van der Waals surface area contributed by atoms with Crippen molar-refractivity contribution in [1.82, 2.24) is 4.98 Å². The summed E-state index contributed by atoms with van der Waals surface area (Å²) >= 11 is 3.00. The Balaban J connectivity index is 2.77. The Kier molecular flexibility index (Phi) is 2.56. The normalized spacial score (nSPS) is 10.2. The number of hydrogen-bond donors (Lipinski definition) is 1. The third-order valence-corrected chi connectivity index (χ3v) is 3.01. The fraction of sp³-hybridized carbons (Fsp3) is 0.500. The van der Waals surface area contributed by atoms with E-state index in [0.29, 0.717) is 5.06 Å². The molecular weight excluding hydrogens is 166 g/mol. The van der Waals surface area contributed by atoms with Crippen molar-refractivity contribution in [1.29, 1.82) is 0 Å². The minimum absolute atomic E-state index is 0.343. The van der Waals surface area contributed by atoms with Crippen LogP contribution in [0.25, 0.3) is 0 Å². The predicted molar refractivity (Wildman–Crippen MR) is 44.9 cm³/mol. The standard InChI is InChI=1S/C6H9NOS2/c1-3-9-6-7-4(2)5(8)10-6/h8H,3H2,1-2H3. The van der Waals surface area contributed by atoms with Gasteiger partial charge in [0.25, 0.3) is 0 Å². The van der Waals surface area contributed by atoms with E-state index < -0.39 is 0 Å². The molecule has 4 heteroatoms. The first kappa shape index (κ1) is 7.88. The van der Waals surface area contributed by atoms with E-state index in [2.05, 4.69) is 11.9 Å². The highest BCUT2D eigenvalue weighted by atomic mass is 32.2. The number of hydrogen-bond acceptors (Lipinski definition) is 4. The van der Waals surface area contributed by atoms with Crippen LogP contribution in [0, 0.1) is 6.92 Å². The summed E-state index contributed by atoms with van der Waals surface area (Å²) in [6.45, 7) is 3.88. The van der Waals surface area contributed by atoms with Crippen LogP contribution in [0.1, 0.15) is 12.6 Å². The van der Waals surface area contributed by atoms with E-state index >= 15 is 0 Å². The van der Waals surface area contributed by atoms with E-state index in [1.807, 2.05) is 6.92 Å². The van der Waals surface area contributed by atoms with Crippen LogP contribution in [-0.2, 0) is 0 Å². The molecule has 0 aromatic carbocycles. The summed E-state index contributed by atoms with van der Waals surface area (Å²) in [4.78, 5) is 4.13. The Morgan fingerprint density at radius 1 is 1.70 bits per heavy atom. The first-order valence-electron chi connectivity index (χ1n) is 3.03. The van der Waals surface area contributed by atoms with Crippen molar-refractivity contribution in [3.05, 3.63) is 5.69 Å². The molecule has 0 aliphatic rings. The van der Waals surface area contributed by atoms with Gasteiger partial charge in [-0.15, -0.1) is 0 Å². The SMILES string of the molecule is CCSc1nc(C)c(O)s1. The molecule has 0 atom stereocenters. The molecule has 1 aromatic heterocycles. The Labute approximate surface area is 68.3 Å². The largest absolute Gasteiger partial charge is 0.498 e. The van der Waals surface area contributed by atoms with Gasteiger partial charge in [0.15, 0.2) is 9.40 Å². The Morgan fingerprint density at radius 3 is 2.80 bits per heavy atom. The van der Waals surface area contributed by atoms with Crippen LogP contribution in [0.2, 0.25) is 0 Å². The molecule has 56 valence electrons. The van der Waals surface area contributed by atoms with Crippen LogP contribution >= 0.6 is 23.1 Å². The van der Waals surface area contributed by atoms with Crippen LogP contribution < -0.4 is 0 Å². The molecule has 0 aliphatic carbocycles. The minimum Gasteiger partial charge on any atom is -0.498 e. The van der Waals surface area contributed by atoms with E-state index in [0.717, 1.165) is 15.8 Å². The van der Waals surface area contributed by atoms with E-state index in [1.165, 1.54) is 11.3 Å².